The summed E-state index contributed by atoms with van der Waals surface area (Å²) < 4.78 is 157. The Morgan fingerprint density at radius 2 is 0.545 bits per heavy atom. The second-order valence-corrected chi connectivity index (χ2v) is 9.21. The van der Waals surface area contributed by atoms with Crippen LogP contribution in [0.3, 0.4) is 0 Å². The van der Waals surface area contributed by atoms with E-state index < -0.39 is 69.2 Å². The van der Waals surface area contributed by atoms with Crippen LogP contribution in [0.1, 0.15) is 22.3 Å². The van der Waals surface area contributed by atoms with E-state index in [1.54, 1.807) is 0 Å². The fourth-order valence-electron chi connectivity index (χ4n) is 4.13. The highest BCUT2D eigenvalue weighted by atomic mass is 19.4. The molecular formula is C28H20F12N4. The van der Waals surface area contributed by atoms with Crippen LogP contribution in [0, 0.1) is 0 Å². The van der Waals surface area contributed by atoms with Gasteiger partial charge in [-0.05, 0) is 89.0 Å². The van der Waals surface area contributed by atoms with Crippen LogP contribution in [0.25, 0.3) is 22.3 Å². The number of benzene rings is 4. The fourth-order valence-corrected chi connectivity index (χ4v) is 4.13. The summed E-state index contributed by atoms with van der Waals surface area (Å²) in [5.41, 5.74) is 13.7. The Labute approximate surface area is 240 Å². The van der Waals surface area contributed by atoms with Crippen molar-refractivity contribution in [1.29, 1.82) is 0 Å². The van der Waals surface area contributed by atoms with Gasteiger partial charge in [-0.3, -0.25) is 0 Å². The molecule has 0 aliphatic heterocycles. The maximum Gasteiger partial charge on any atom is 0.417 e. The Bertz CT molecular complexity index is 1590. The molecule has 16 heteroatoms. The lowest BCUT2D eigenvalue weighted by Crippen LogP contribution is -2.12. The molecule has 0 amide bonds. The first-order chi connectivity index (χ1) is 20.0. The molecule has 0 saturated carbocycles. The van der Waals surface area contributed by atoms with Crippen molar-refractivity contribution in [2.24, 2.45) is 0 Å². The number of alkyl halides is 12. The highest BCUT2D eigenvalue weighted by Crippen LogP contribution is 2.45. The van der Waals surface area contributed by atoms with Crippen molar-refractivity contribution in [3.05, 3.63) is 95.1 Å². The third kappa shape index (κ3) is 7.79. The summed E-state index contributed by atoms with van der Waals surface area (Å²) in [4.78, 5) is 0. The molecule has 4 aromatic rings. The van der Waals surface area contributed by atoms with Gasteiger partial charge < -0.3 is 22.9 Å². The quantitative estimate of drug-likeness (QED) is 0.130. The van der Waals surface area contributed by atoms with E-state index in [0.29, 0.717) is 24.3 Å². The van der Waals surface area contributed by atoms with Gasteiger partial charge in [0.25, 0.3) is 0 Å². The zero-order valence-electron chi connectivity index (χ0n) is 21.8. The topological polar surface area (TPSA) is 104 Å². The van der Waals surface area contributed by atoms with Gasteiger partial charge in [-0.15, -0.1) is 0 Å². The number of hydrogen-bond donors (Lipinski definition) is 4. The molecule has 0 aromatic heterocycles. The van der Waals surface area contributed by atoms with Crippen LogP contribution in [-0.2, 0) is 24.7 Å². The number of hydrogen-bond acceptors (Lipinski definition) is 4. The average molecular weight is 640 g/mol. The first-order valence-corrected chi connectivity index (χ1v) is 11.9. The minimum Gasteiger partial charge on any atom is -0.399 e. The van der Waals surface area contributed by atoms with Crippen molar-refractivity contribution < 1.29 is 52.7 Å². The predicted octanol–water partition coefficient (Wildman–Crippen LogP) is 9.11. The summed E-state index contributed by atoms with van der Waals surface area (Å²) in [6.07, 6.45) is -19.3. The lowest BCUT2D eigenvalue weighted by molar-refractivity contribution is -0.139. The average Bonchev–Trinajstić information content (AvgIpc) is 2.86. The molecular weight excluding hydrogens is 620 g/mol. The molecule has 0 fully saturated rings. The van der Waals surface area contributed by atoms with Crippen LogP contribution < -0.4 is 22.9 Å². The van der Waals surface area contributed by atoms with Gasteiger partial charge in [-0.1, -0.05) is 6.07 Å². The molecule has 0 bridgehead atoms. The number of anilines is 4. The van der Waals surface area contributed by atoms with Crippen LogP contribution in [0.2, 0.25) is 0 Å². The van der Waals surface area contributed by atoms with E-state index >= 15 is 0 Å². The van der Waals surface area contributed by atoms with Crippen LogP contribution in [0.4, 0.5) is 75.4 Å². The highest BCUT2D eigenvalue weighted by molar-refractivity contribution is 5.78. The van der Waals surface area contributed by atoms with Gasteiger partial charge in [0.2, 0.25) is 0 Å². The number of nitrogens with two attached hydrogens (primary N) is 4. The Morgan fingerprint density at radius 1 is 0.295 bits per heavy atom. The zero-order chi connectivity index (χ0) is 33.4. The Morgan fingerprint density at radius 3 is 0.841 bits per heavy atom. The van der Waals surface area contributed by atoms with E-state index in [0.717, 1.165) is 48.5 Å². The monoisotopic (exact) mass is 640 g/mol. The summed E-state index contributed by atoms with van der Waals surface area (Å²) in [6.45, 7) is 0. The molecule has 0 spiro atoms. The third-order valence-electron chi connectivity index (χ3n) is 5.98. The van der Waals surface area contributed by atoms with E-state index in [-0.39, 0.29) is 22.7 Å². The van der Waals surface area contributed by atoms with Gasteiger partial charge >= 0.3 is 24.7 Å². The van der Waals surface area contributed by atoms with E-state index in [1.165, 1.54) is 0 Å². The largest absolute Gasteiger partial charge is 0.417 e. The van der Waals surface area contributed by atoms with Crippen LogP contribution in [0.5, 0.6) is 0 Å². The zero-order valence-corrected chi connectivity index (χ0v) is 21.8. The molecule has 4 nitrogen and oxygen atoms in total. The Hall–Kier alpha value is -4.76. The minimum absolute atomic E-state index is 0.0760. The summed E-state index contributed by atoms with van der Waals surface area (Å²) >= 11 is 0. The second-order valence-electron chi connectivity index (χ2n) is 9.21. The first kappa shape index (κ1) is 33.7. The molecule has 0 heterocycles. The summed E-state index contributed by atoms with van der Waals surface area (Å²) in [5, 5.41) is 0. The molecule has 4 rings (SSSR count). The van der Waals surface area contributed by atoms with Gasteiger partial charge in [0.05, 0.1) is 22.3 Å². The lowest BCUT2D eigenvalue weighted by atomic mass is 9.93. The molecule has 0 radical (unpaired) electrons. The Kier molecular flexibility index (Phi) is 8.99. The Balaban J connectivity index is 0.000000240. The van der Waals surface area contributed by atoms with Crippen molar-refractivity contribution in [2.75, 3.05) is 22.9 Å². The van der Waals surface area contributed by atoms with E-state index in [2.05, 4.69) is 0 Å². The summed E-state index contributed by atoms with van der Waals surface area (Å²) in [7, 11) is 0. The lowest BCUT2D eigenvalue weighted by Gasteiger charge is -2.18. The van der Waals surface area contributed by atoms with Crippen LogP contribution >= 0.6 is 0 Å². The van der Waals surface area contributed by atoms with E-state index in [9.17, 15) is 52.7 Å². The number of halogens is 12. The van der Waals surface area contributed by atoms with Crippen molar-refractivity contribution in [1.82, 2.24) is 0 Å². The van der Waals surface area contributed by atoms with E-state index in [4.69, 9.17) is 22.9 Å². The first-order valence-electron chi connectivity index (χ1n) is 11.9. The molecule has 4 aromatic carbocycles. The van der Waals surface area contributed by atoms with Crippen molar-refractivity contribution in [3.8, 4) is 22.3 Å². The molecule has 0 unspecified atom stereocenters. The second kappa shape index (κ2) is 11.7. The number of rotatable bonds is 2. The molecule has 0 saturated heterocycles. The fraction of sp³-hybridized carbons (Fsp3) is 0.143. The van der Waals surface area contributed by atoms with Gasteiger partial charge in [0, 0.05) is 22.7 Å². The molecule has 44 heavy (non-hydrogen) atoms. The molecule has 236 valence electrons. The van der Waals surface area contributed by atoms with Gasteiger partial charge in [-0.2, -0.15) is 52.7 Å². The van der Waals surface area contributed by atoms with Gasteiger partial charge in [-0.25, -0.2) is 0 Å². The smallest absolute Gasteiger partial charge is 0.399 e. The van der Waals surface area contributed by atoms with E-state index in [1.807, 2.05) is 0 Å². The predicted molar refractivity (Wildman–Crippen MR) is 141 cm³/mol. The standard InChI is InChI=1S/2C14H10F6N2/c15-13(16,17)11-4-2-7(21)5-10(11)9-3-1-8(22)6-12(9)14(18,19)20;15-13(16,17)11-3-1-7(21)5-9(11)10-6-8(22)2-4-12(10)14(18,19)20/h2*1-6H,21-22H2. The maximum atomic E-state index is 13.1. The number of nitrogen functional groups attached to an aromatic ring is 4. The maximum absolute atomic E-state index is 13.1. The highest BCUT2D eigenvalue weighted by Gasteiger charge is 2.40. The molecule has 0 aliphatic rings. The molecule has 0 aliphatic carbocycles. The van der Waals surface area contributed by atoms with Gasteiger partial charge in [0.15, 0.2) is 0 Å². The van der Waals surface area contributed by atoms with Gasteiger partial charge in [0.1, 0.15) is 0 Å². The van der Waals surface area contributed by atoms with Crippen molar-refractivity contribution in [3.63, 3.8) is 0 Å². The molecule has 8 N–H and O–H groups in total. The third-order valence-corrected chi connectivity index (χ3v) is 5.98. The summed E-state index contributed by atoms with van der Waals surface area (Å²) in [6, 6.07) is 10.1. The van der Waals surface area contributed by atoms with Crippen molar-refractivity contribution >= 4 is 22.7 Å². The normalized spacial score (nSPS) is 12.5. The van der Waals surface area contributed by atoms with Crippen LogP contribution in [0.15, 0.2) is 72.8 Å². The molecule has 0 atom stereocenters. The summed E-state index contributed by atoms with van der Waals surface area (Å²) in [5.74, 6) is 0. The van der Waals surface area contributed by atoms with Crippen molar-refractivity contribution in [2.45, 2.75) is 24.7 Å². The minimum atomic E-state index is -4.85. The van der Waals surface area contributed by atoms with Crippen LogP contribution in [-0.4, -0.2) is 0 Å². The SMILES string of the molecule is Nc1ccc(C(F)(F)F)c(-c2cc(N)ccc2C(F)(F)F)c1.Nc1ccc(C(F)(F)F)c(-c2ccc(N)cc2C(F)(F)F)c1.